The molecule has 4 heteroatoms. The summed E-state index contributed by atoms with van der Waals surface area (Å²) in [5.74, 6) is -0.783. The maximum absolute atomic E-state index is 10.9. The predicted molar refractivity (Wildman–Crippen MR) is 83.5 cm³/mol. The molecule has 0 unspecified atom stereocenters. The summed E-state index contributed by atoms with van der Waals surface area (Å²) >= 11 is 0. The molecule has 0 spiro atoms. The SMILES string of the molecule is Cc1ccc(N(CCC(=O)O)Cc2cncc(C)c2)cc1. The molecule has 0 amide bonds. The third-order valence-corrected chi connectivity index (χ3v) is 3.30. The first-order chi connectivity index (χ1) is 10.0. The Bertz CT molecular complexity index is 608. The lowest BCUT2D eigenvalue weighted by molar-refractivity contribution is -0.136. The summed E-state index contributed by atoms with van der Waals surface area (Å²) in [5.41, 5.74) is 4.41. The topological polar surface area (TPSA) is 53.4 Å². The monoisotopic (exact) mass is 284 g/mol. The van der Waals surface area contributed by atoms with Gasteiger partial charge >= 0.3 is 5.97 Å². The van der Waals surface area contributed by atoms with E-state index < -0.39 is 5.97 Å². The minimum atomic E-state index is -0.783. The third-order valence-electron chi connectivity index (χ3n) is 3.30. The molecule has 0 atom stereocenters. The number of carboxylic acids is 1. The quantitative estimate of drug-likeness (QED) is 0.885. The van der Waals surface area contributed by atoms with E-state index in [0.29, 0.717) is 13.1 Å². The zero-order valence-electron chi connectivity index (χ0n) is 12.4. The average Bonchev–Trinajstić information content (AvgIpc) is 2.44. The van der Waals surface area contributed by atoms with Crippen LogP contribution in [-0.2, 0) is 11.3 Å². The van der Waals surface area contributed by atoms with Gasteiger partial charge in [-0.25, -0.2) is 0 Å². The molecule has 0 saturated carbocycles. The van der Waals surface area contributed by atoms with Gasteiger partial charge < -0.3 is 10.0 Å². The molecule has 0 fully saturated rings. The highest BCUT2D eigenvalue weighted by molar-refractivity contribution is 5.67. The van der Waals surface area contributed by atoms with Gasteiger partial charge in [-0.15, -0.1) is 0 Å². The first kappa shape index (κ1) is 15.0. The van der Waals surface area contributed by atoms with Crippen LogP contribution in [0.1, 0.15) is 23.1 Å². The molecule has 110 valence electrons. The van der Waals surface area contributed by atoms with Crippen molar-refractivity contribution < 1.29 is 9.90 Å². The standard InChI is InChI=1S/C17H20N2O2/c1-13-3-5-16(6-4-13)19(8-7-17(20)21)12-15-9-14(2)10-18-11-15/h3-6,9-11H,7-8,12H2,1-2H3,(H,20,21). The molecule has 0 aliphatic heterocycles. The van der Waals surface area contributed by atoms with Crippen LogP contribution in [0.4, 0.5) is 5.69 Å². The van der Waals surface area contributed by atoms with Crippen molar-refractivity contribution in [3.8, 4) is 0 Å². The summed E-state index contributed by atoms with van der Waals surface area (Å²) in [4.78, 5) is 17.1. The maximum atomic E-state index is 10.9. The van der Waals surface area contributed by atoms with Crippen molar-refractivity contribution in [1.82, 2.24) is 4.98 Å². The lowest BCUT2D eigenvalue weighted by Crippen LogP contribution is -2.25. The fourth-order valence-corrected chi connectivity index (χ4v) is 2.21. The van der Waals surface area contributed by atoms with E-state index in [1.807, 2.05) is 50.5 Å². The number of pyridine rings is 1. The molecular weight excluding hydrogens is 264 g/mol. The van der Waals surface area contributed by atoms with E-state index in [2.05, 4.69) is 16.0 Å². The number of benzene rings is 1. The molecule has 1 N–H and O–H groups in total. The molecule has 4 nitrogen and oxygen atoms in total. The second kappa shape index (κ2) is 6.88. The van der Waals surface area contributed by atoms with Crippen molar-refractivity contribution in [3.05, 3.63) is 59.4 Å². The summed E-state index contributed by atoms with van der Waals surface area (Å²) in [6.45, 7) is 5.18. The van der Waals surface area contributed by atoms with Crippen LogP contribution in [0, 0.1) is 13.8 Å². The molecule has 2 rings (SSSR count). The van der Waals surface area contributed by atoms with Gasteiger partial charge in [0.25, 0.3) is 0 Å². The number of aryl methyl sites for hydroxylation is 2. The van der Waals surface area contributed by atoms with Gasteiger partial charge in [0.05, 0.1) is 6.42 Å². The van der Waals surface area contributed by atoms with E-state index >= 15 is 0 Å². The molecule has 1 heterocycles. The number of hydrogen-bond acceptors (Lipinski definition) is 3. The average molecular weight is 284 g/mol. The Hall–Kier alpha value is -2.36. The summed E-state index contributed by atoms with van der Waals surface area (Å²) in [5, 5.41) is 8.92. The van der Waals surface area contributed by atoms with Crippen LogP contribution >= 0.6 is 0 Å². The Morgan fingerprint density at radius 1 is 1.14 bits per heavy atom. The molecule has 2 aromatic rings. The normalized spacial score (nSPS) is 10.4. The molecule has 0 aliphatic rings. The summed E-state index contributed by atoms with van der Waals surface area (Å²) in [7, 11) is 0. The van der Waals surface area contributed by atoms with Crippen LogP contribution in [0.3, 0.4) is 0 Å². The van der Waals surface area contributed by atoms with Gasteiger partial charge in [-0.05, 0) is 37.1 Å². The van der Waals surface area contributed by atoms with Gasteiger partial charge in [0, 0.05) is 31.2 Å². The second-order valence-corrected chi connectivity index (χ2v) is 5.27. The maximum Gasteiger partial charge on any atom is 0.305 e. The van der Waals surface area contributed by atoms with E-state index in [1.54, 1.807) is 0 Å². The lowest BCUT2D eigenvalue weighted by Gasteiger charge is -2.24. The van der Waals surface area contributed by atoms with E-state index in [-0.39, 0.29) is 6.42 Å². The van der Waals surface area contributed by atoms with E-state index in [9.17, 15) is 4.79 Å². The highest BCUT2D eigenvalue weighted by atomic mass is 16.4. The largest absolute Gasteiger partial charge is 0.481 e. The van der Waals surface area contributed by atoms with Crippen LogP contribution in [0.2, 0.25) is 0 Å². The Labute approximate surface area is 125 Å². The Morgan fingerprint density at radius 3 is 2.48 bits per heavy atom. The van der Waals surface area contributed by atoms with E-state index in [0.717, 1.165) is 16.8 Å². The second-order valence-electron chi connectivity index (χ2n) is 5.27. The van der Waals surface area contributed by atoms with Crippen LogP contribution in [0.15, 0.2) is 42.7 Å². The fourth-order valence-electron chi connectivity index (χ4n) is 2.21. The van der Waals surface area contributed by atoms with Gasteiger partial charge in [0.1, 0.15) is 0 Å². The zero-order valence-corrected chi connectivity index (χ0v) is 12.4. The Kier molecular flexibility index (Phi) is 4.93. The van der Waals surface area contributed by atoms with E-state index in [4.69, 9.17) is 5.11 Å². The number of aliphatic carboxylic acids is 1. The Morgan fingerprint density at radius 2 is 1.86 bits per heavy atom. The fraction of sp³-hybridized carbons (Fsp3) is 0.294. The van der Waals surface area contributed by atoms with Gasteiger partial charge in [-0.1, -0.05) is 23.8 Å². The molecule has 0 bridgehead atoms. The highest BCUT2D eigenvalue weighted by Gasteiger charge is 2.10. The summed E-state index contributed by atoms with van der Waals surface area (Å²) in [6, 6.07) is 10.2. The molecule has 1 aromatic heterocycles. The van der Waals surface area contributed by atoms with Gasteiger partial charge in [-0.2, -0.15) is 0 Å². The number of rotatable bonds is 6. The van der Waals surface area contributed by atoms with Crippen molar-refractivity contribution in [2.75, 3.05) is 11.4 Å². The number of nitrogens with zero attached hydrogens (tertiary/aromatic N) is 2. The van der Waals surface area contributed by atoms with Gasteiger partial charge in [0.2, 0.25) is 0 Å². The molecule has 0 saturated heterocycles. The molecular formula is C17H20N2O2. The minimum Gasteiger partial charge on any atom is -0.481 e. The third kappa shape index (κ3) is 4.60. The summed E-state index contributed by atoms with van der Waals surface area (Å²) < 4.78 is 0. The highest BCUT2D eigenvalue weighted by Crippen LogP contribution is 2.18. The summed E-state index contributed by atoms with van der Waals surface area (Å²) in [6.07, 6.45) is 3.76. The van der Waals surface area contributed by atoms with Crippen molar-refractivity contribution in [1.29, 1.82) is 0 Å². The van der Waals surface area contributed by atoms with Crippen LogP contribution < -0.4 is 4.90 Å². The molecule has 0 radical (unpaired) electrons. The number of carboxylic acid groups (broad SMARTS) is 1. The molecule has 1 aromatic carbocycles. The zero-order chi connectivity index (χ0) is 15.2. The van der Waals surface area contributed by atoms with Crippen molar-refractivity contribution >= 4 is 11.7 Å². The smallest absolute Gasteiger partial charge is 0.305 e. The lowest BCUT2D eigenvalue weighted by atomic mass is 10.1. The number of aromatic nitrogens is 1. The molecule has 21 heavy (non-hydrogen) atoms. The van der Waals surface area contributed by atoms with Crippen molar-refractivity contribution in [2.24, 2.45) is 0 Å². The van der Waals surface area contributed by atoms with Crippen molar-refractivity contribution in [3.63, 3.8) is 0 Å². The number of hydrogen-bond donors (Lipinski definition) is 1. The number of anilines is 1. The van der Waals surface area contributed by atoms with Crippen LogP contribution in [0.25, 0.3) is 0 Å². The van der Waals surface area contributed by atoms with Crippen LogP contribution in [-0.4, -0.2) is 22.6 Å². The van der Waals surface area contributed by atoms with Crippen molar-refractivity contribution in [2.45, 2.75) is 26.8 Å². The van der Waals surface area contributed by atoms with Gasteiger partial charge in [0.15, 0.2) is 0 Å². The van der Waals surface area contributed by atoms with E-state index in [1.165, 1.54) is 5.56 Å². The molecule has 0 aliphatic carbocycles. The number of carbonyl (C=O) groups is 1. The van der Waals surface area contributed by atoms with Crippen LogP contribution in [0.5, 0.6) is 0 Å². The Balaban J connectivity index is 2.19. The minimum absolute atomic E-state index is 0.118. The first-order valence-electron chi connectivity index (χ1n) is 6.98. The van der Waals surface area contributed by atoms with Gasteiger partial charge in [-0.3, -0.25) is 9.78 Å². The first-order valence-corrected chi connectivity index (χ1v) is 6.98. The predicted octanol–water partition coefficient (Wildman–Crippen LogP) is 3.18.